The third-order valence-corrected chi connectivity index (χ3v) is 3.91. The molecule has 0 aliphatic rings. The normalized spacial score (nSPS) is 12.2. The second kappa shape index (κ2) is 8.16. The van der Waals surface area contributed by atoms with Crippen LogP contribution in [0.5, 0.6) is 0 Å². The molecule has 0 spiro atoms. The van der Waals surface area contributed by atoms with E-state index in [0.717, 1.165) is 18.5 Å². The third kappa shape index (κ3) is 5.56. The quantitative estimate of drug-likeness (QED) is 0.798. The van der Waals surface area contributed by atoms with E-state index < -0.39 is 0 Å². The number of aliphatic hydroxyl groups excluding tert-OH is 1. The number of rotatable bonds is 7. The van der Waals surface area contributed by atoms with E-state index in [-0.39, 0.29) is 12.5 Å². The van der Waals surface area contributed by atoms with Crippen molar-refractivity contribution in [2.24, 2.45) is 0 Å². The van der Waals surface area contributed by atoms with Crippen molar-refractivity contribution in [3.63, 3.8) is 0 Å². The maximum Gasteiger partial charge on any atom is 0.234 e. The highest BCUT2D eigenvalue weighted by atomic mass is 32.2. The van der Waals surface area contributed by atoms with Crippen LogP contribution in [0.3, 0.4) is 0 Å². The van der Waals surface area contributed by atoms with Crippen LogP contribution < -0.4 is 5.32 Å². The van der Waals surface area contributed by atoms with Gasteiger partial charge < -0.3 is 10.4 Å². The first kappa shape index (κ1) is 15.1. The van der Waals surface area contributed by atoms with Crippen LogP contribution in [0.4, 0.5) is 5.69 Å². The van der Waals surface area contributed by atoms with Gasteiger partial charge in [0.05, 0.1) is 5.75 Å². The predicted octanol–water partition coefficient (Wildman–Crippen LogP) is 2.69. The van der Waals surface area contributed by atoms with Crippen LogP contribution in [-0.4, -0.2) is 28.6 Å². The van der Waals surface area contributed by atoms with E-state index in [4.69, 9.17) is 5.11 Å². The van der Waals surface area contributed by atoms with E-state index in [9.17, 15) is 4.79 Å². The van der Waals surface area contributed by atoms with Gasteiger partial charge in [0.1, 0.15) is 0 Å². The Morgan fingerprint density at radius 2 is 2.06 bits per heavy atom. The third-order valence-electron chi connectivity index (χ3n) is 2.68. The summed E-state index contributed by atoms with van der Waals surface area (Å²) in [5.74, 6) is 0.436. The number of nitrogens with one attached hydrogen (secondary N) is 1. The van der Waals surface area contributed by atoms with Gasteiger partial charge in [-0.15, -0.1) is 11.8 Å². The van der Waals surface area contributed by atoms with Gasteiger partial charge in [-0.25, -0.2) is 0 Å². The number of hydrogen-bond donors (Lipinski definition) is 2. The molecule has 0 aliphatic heterocycles. The SMILES string of the molecule is CCc1ccc(NC(=O)CSC(C)CCO)cc1. The Hall–Kier alpha value is -1.00. The zero-order valence-electron chi connectivity index (χ0n) is 11.0. The Labute approximate surface area is 113 Å². The van der Waals surface area contributed by atoms with Gasteiger partial charge in [-0.05, 0) is 30.5 Å². The molecule has 100 valence electrons. The summed E-state index contributed by atoms with van der Waals surface area (Å²) in [6, 6.07) is 7.91. The summed E-state index contributed by atoms with van der Waals surface area (Å²) in [6.07, 6.45) is 1.73. The van der Waals surface area contributed by atoms with Crippen molar-refractivity contribution in [2.45, 2.75) is 31.9 Å². The molecule has 1 aromatic carbocycles. The first-order chi connectivity index (χ1) is 8.65. The molecule has 1 unspecified atom stereocenters. The van der Waals surface area contributed by atoms with E-state index in [1.54, 1.807) is 11.8 Å². The van der Waals surface area contributed by atoms with Gasteiger partial charge in [0.25, 0.3) is 0 Å². The summed E-state index contributed by atoms with van der Waals surface area (Å²) in [7, 11) is 0. The van der Waals surface area contributed by atoms with Gasteiger partial charge in [0.15, 0.2) is 0 Å². The second-order valence-electron chi connectivity index (χ2n) is 4.23. The highest BCUT2D eigenvalue weighted by Gasteiger charge is 2.07. The van der Waals surface area contributed by atoms with Gasteiger partial charge in [-0.1, -0.05) is 26.0 Å². The number of carbonyl (C=O) groups is 1. The first-order valence-electron chi connectivity index (χ1n) is 6.27. The lowest BCUT2D eigenvalue weighted by molar-refractivity contribution is -0.113. The highest BCUT2D eigenvalue weighted by molar-refractivity contribution is 8.00. The van der Waals surface area contributed by atoms with Gasteiger partial charge >= 0.3 is 0 Å². The Kier molecular flexibility index (Phi) is 6.83. The second-order valence-corrected chi connectivity index (χ2v) is 5.66. The van der Waals surface area contributed by atoms with Crippen LogP contribution >= 0.6 is 11.8 Å². The van der Waals surface area contributed by atoms with Crippen LogP contribution in [-0.2, 0) is 11.2 Å². The molecular weight excluding hydrogens is 246 g/mol. The van der Waals surface area contributed by atoms with Gasteiger partial charge in [0.2, 0.25) is 5.91 Å². The van der Waals surface area contributed by atoms with E-state index in [1.165, 1.54) is 5.56 Å². The fourth-order valence-electron chi connectivity index (χ4n) is 1.50. The van der Waals surface area contributed by atoms with Crippen molar-refractivity contribution in [2.75, 3.05) is 17.7 Å². The summed E-state index contributed by atoms with van der Waals surface area (Å²) in [5, 5.41) is 11.9. The molecule has 0 heterocycles. The summed E-state index contributed by atoms with van der Waals surface area (Å²) >= 11 is 1.56. The summed E-state index contributed by atoms with van der Waals surface area (Å²) in [6.45, 7) is 4.30. The fraction of sp³-hybridized carbons (Fsp3) is 0.500. The largest absolute Gasteiger partial charge is 0.396 e. The molecule has 18 heavy (non-hydrogen) atoms. The number of thioether (sulfide) groups is 1. The molecule has 1 rings (SSSR count). The van der Waals surface area contributed by atoms with Crippen molar-refractivity contribution in [3.05, 3.63) is 29.8 Å². The zero-order valence-corrected chi connectivity index (χ0v) is 11.8. The minimum absolute atomic E-state index is 0.00837. The molecule has 1 aromatic rings. The molecule has 3 nitrogen and oxygen atoms in total. The maximum atomic E-state index is 11.7. The Bertz CT molecular complexity index is 365. The monoisotopic (exact) mass is 267 g/mol. The molecule has 0 saturated carbocycles. The van der Waals surface area contributed by atoms with Crippen LogP contribution in [0, 0.1) is 0 Å². The number of benzene rings is 1. The molecule has 0 radical (unpaired) electrons. The maximum absolute atomic E-state index is 11.7. The molecule has 0 aliphatic carbocycles. The molecule has 0 fully saturated rings. The lowest BCUT2D eigenvalue weighted by Crippen LogP contribution is -2.16. The van der Waals surface area contributed by atoms with Crippen LogP contribution in [0.15, 0.2) is 24.3 Å². The van der Waals surface area contributed by atoms with Crippen molar-refractivity contribution in [3.8, 4) is 0 Å². The lowest BCUT2D eigenvalue weighted by Gasteiger charge is -2.10. The predicted molar refractivity (Wildman–Crippen MR) is 78.1 cm³/mol. The summed E-state index contributed by atoms with van der Waals surface area (Å²) < 4.78 is 0. The van der Waals surface area contributed by atoms with Crippen LogP contribution in [0.1, 0.15) is 25.8 Å². The van der Waals surface area contributed by atoms with Gasteiger partial charge in [0, 0.05) is 17.5 Å². The summed E-state index contributed by atoms with van der Waals surface area (Å²) in [5.41, 5.74) is 2.10. The first-order valence-corrected chi connectivity index (χ1v) is 7.31. The molecule has 0 aromatic heterocycles. The minimum Gasteiger partial charge on any atom is -0.396 e. The van der Waals surface area contributed by atoms with Crippen molar-refractivity contribution in [1.82, 2.24) is 0 Å². The van der Waals surface area contributed by atoms with E-state index in [2.05, 4.69) is 12.2 Å². The minimum atomic E-state index is 0.00837. The topological polar surface area (TPSA) is 49.3 Å². The Morgan fingerprint density at radius 1 is 1.39 bits per heavy atom. The van der Waals surface area contributed by atoms with E-state index >= 15 is 0 Å². The smallest absolute Gasteiger partial charge is 0.234 e. The Balaban J connectivity index is 2.35. The van der Waals surface area contributed by atoms with Crippen LogP contribution in [0.2, 0.25) is 0 Å². The average molecular weight is 267 g/mol. The number of carbonyl (C=O) groups excluding carboxylic acids is 1. The number of anilines is 1. The van der Waals surface area contributed by atoms with Gasteiger partial charge in [-0.3, -0.25) is 4.79 Å². The molecule has 0 bridgehead atoms. The number of aliphatic hydroxyl groups is 1. The summed E-state index contributed by atoms with van der Waals surface area (Å²) in [4.78, 5) is 11.7. The fourth-order valence-corrected chi connectivity index (χ4v) is 2.28. The number of amides is 1. The average Bonchev–Trinajstić information content (AvgIpc) is 2.38. The van der Waals surface area contributed by atoms with Gasteiger partial charge in [-0.2, -0.15) is 0 Å². The number of aryl methyl sites for hydroxylation is 1. The molecule has 1 atom stereocenters. The zero-order chi connectivity index (χ0) is 13.4. The van der Waals surface area contributed by atoms with E-state index in [1.807, 2.05) is 31.2 Å². The molecule has 1 amide bonds. The van der Waals surface area contributed by atoms with Crippen molar-refractivity contribution in [1.29, 1.82) is 0 Å². The van der Waals surface area contributed by atoms with Crippen LogP contribution in [0.25, 0.3) is 0 Å². The van der Waals surface area contributed by atoms with Crippen molar-refractivity contribution >= 4 is 23.4 Å². The molecule has 0 saturated heterocycles. The Morgan fingerprint density at radius 3 is 2.61 bits per heavy atom. The standard InChI is InChI=1S/C14H21NO2S/c1-3-12-4-6-13(7-5-12)15-14(17)10-18-11(2)8-9-16/h4-7,11,16H,3,8-10H2,1-2H3,(H,15,17). The molecule has 2 N–H and O–H groups in total. The highest BCUT2D eigenvalue weighted by Crippen LogP contribution is 2.15. The molecule has 4 heteroatoms. The molecular formula is C14H21NO2S. The number of hydrogen-bond acceptors (Lipinski definition) is 3. The lowest BCUT2D eigenvalue weighted by atomic mass is 10.1. The van der Waals surface area contributed by atoms with Crippen molar-refractivity contribution < 1.29 is 9.90 Å². The van der Waals surface area contributed by atoms with E-state index in [0.29, 0.717) is 11.0 Å².